The molecule has 7 nitrogen and oxygen atoms in total. The molecule has 2 aromatic rings. The van der Waals surface area contributed by atoms with Crippen LogP contribution in [0.5, 0.6) is 0 Å². The lowest BCUT2D eigenvalue weighted by Crippen LogP contribution is -2.45. The minimum atomic E-state index is -3.71. The number of ether oxygens (including phenoxy) is 1. The molecule has 0 fully saturated rings. The van der Waals surface area contributed by atoms with Crippen molar-refractivity contribution in [1.82, 2.24) is 0 Å². The second-order valence-electron chi connectivity index (χ2n) is 7.34. The summed E-state index contributed by atoms with van der Waals surface area (Å²) in [6.45, 7) is 5.40. The van der Waals surface area contributed by atoms with Crippen molar-refractivity contribution in [2.75, 3.05) is 22.5 Å². The predicted molar refractivity (Wildman–Crippen MR) is 119 cm³/mol. The van der Waals surface area contributed by atoms with E-state index in [1.165, 1.54) is 18.3 Å². The smallest absolute Gasteiger partial charge is 0.341 e. The molecule has 1 aromatic heterocycles. The molecule has 30 heavy (non-hydrogen) atoms. The van der Waals surface area contributed by atoms with E-state index in [0.717, 1.165) is 45.8 Å². The molecule has 0 aliphatic heterocycles. The largest absolute Gasteiger partial charge is 0.462 e. The highest BCUT2D eigenvalue weighted by Crippen LogP contribution is 2.39. The molecule has 3 rings (SSSR count). The molecule has 1 atom stereocenters. The van der Waals surface area contributed by atoms with E-state index >= 15 is 0 Å². The number of amides is 1. The van der Waals surface area contributed by atoms with Crippen LogP contribution in [-0.2, 0) is 32.4 Å². The van der Waals surface area contributed by atoms with Gasteiger partial charge in [-0.25, -0.2) is 13.2 Å². The minimum Gasteiger partial charge on any atom is -0.462 e. The molecule has 0 spiro atoms. The van der Waals surface area contributed by atoms with E-state index in [1.807, 2.05) is 6.92 Å². The minimum absolute atomic E-state index is 0.239. The quantitative estimate of drug-likeness (QED) is 0.652. The van der Waals surface area contributed by atoms with E-state index in [2.05, 4.69) is 5.32 Å². The zero-order chi connectivity index (χ0) is 22.1. The van der Waals surface area contributed by atoms with Crippen LogP contribution >= 0.6 is 11.3 Å². The van der Waals surface area contributed by atoms with Gasteiger partial charge in [-0.15, -0.1) is 11.3 Å². The predicted octanol–water partition coefficient (Wildman–Crippen LogP) is 3.52. The zero-order valence-corrected chi connectivity index (χ0v) is 19.2. The Morgan fingerprint density at radius 1 is 1.23 bits per heavy atom. The highest BCUT2D eigenvalue weighted by molar-refractivity contribution is 7.92. The van der Waals surface area contributed by atoms with Crippen LogP contribution in [0.3, 0.4) is 0 Å². The van der Waals surface area contributed by atoms with Crippen molar-refractivity contribution in [3.8, 4) is 0 Å². The van der Waals surface area contributed by atoms with Gasteiger partial charge in [0.25, 0.3) is 0 Å². The van der Waals surface area contributed by atoms with Crippen LogP contribution in [-0.4, -0.2) is 39.2 Å². The van der Waals surface area contributed by atoms with E-state index in [1.54, 1.807) is 31.2 Å². The maximum absolute atomic E-state index is 13.0. The Morgan fingerprint density at radius 3 is 2.50 bits per heavy atom. The average Bonchev–Trinajstić information content (AvgIpc) is 3.23. The highest BCUT2D eigenvalue weighted by atomic mass is 32.2. The van der Waals surface area contributed by atoms with Crippen molar-refractivity contribution in [2.24, 2.45) is 0 Å². The Hall–Kier alpha value is -2.39. The summed E-state index contributed by atoms with van der Waals surface area (Å²) in [6, 6.07) is 5.92. The summed E-state index contributed by atoms with van der Waals surface area (Å²) in [5.74, 6) is -0.968. The van der Waals surface area contributed by atoms with Crippen LogP contribution in [0.2, 0.25) is 0 Å². The Balaban J connectivity index is 1.91. The number of esters is 1. The van der Waals surface area contributed by atoms with E-state index in [0.29, 0.717) is 16.3 Å². The fourth-order valence-corrected chi connectivity index (χ4v) is 6.08. The number of carbonyl (C=O) groups excluding carboxylic acids is 2. The summed E-state index contributed by atoms with van der Waals surface area (Å²) in [4.78, 5) is 26.6. The average molecular weight is 451 g/mol. The lowest BCUT2D eigenvalue weighted by atomic mass is 10.1. The van der Waals surface area contributed by atoms with E-state index in [-0.39, 0.29) is 6.61 Å². The Morgan fingerprint density at radius 2 is 1.90 bits per heavy atom. The normalized spacial score (nSPS) is 14.1. The first-order valence-electron chi connectivity index (χ1n) is 9.82. The van der Waals surface area contributed by atoms with Gasteiger partial charge in [-0.1, -0.05) is 17.7 Å². The van der Waals surface area contributed by atoms with Gasteiger partial charge in [0.15, 0.2) is 0 Å². The molecule has 1 heterocycles. The number of sulfonamides is 1. The van der Waals surface area contributed by atoms with Gasteiger partial charge in [0.1, 0.15) is 11.0 Å². The van der Waals surface area contributed by atoms with Crippen molar-refractivity contribution >= 4 is 43.9 Å². The molecule has 0 unspecified atom stereocenters. The molecule has 1 aromatic carbocycles. The number of hydrogen-bond donors (Lipinski definition) is 1. The van der Waals surface area contributed by atoms with Gasteiger partial charge >= 0.3 is 5.97 Å². The Bertz CT molecular complexity index is 1060. The first kappa shape index (κ1) is 22.3. The van der Waals surface area contributed by atoms with Crippen LogP contribution < -0.4 is 9.62 Å². The summed E-state index contributed by atoms with van der Waals surface area (Å²) in [5.41, 5.74) is 2.72. The number of thiophene rings is 1. The topological polar surface area (TPSA) is 92.8 Å². The molecule has 9 heteroatoms. The van der Waals surface area contributed by atoms with E-state index < -0.39 is 27.9 Å². The van der Waals surface area contributed by atoms with Crippen molar-refractivity contribution in [1.29, 1.82) is 0 Å². The molecule has 162 valence electrons. The van der Waals surface area contributed by atoms with Gasteiger partial charge in [-0.2, -0.15) is 0 Å². The molecule has 0 saturated heterocycles. The van der Waals surface area contributed by atoms with E-state index in [4.69, 9.17) is 4.74 Å². The number of aryl methyl sites for hydroxylation is 2. The number of rotatable bonds is 7. The molecule has 1 aliphatic rings. The Labute approximate surface area is 181 Å². The fraction of sp³-hybridized carbons (Fsp3) is 0.429. The second-order valence-corrected chi connectivity index (χ2v) is 10.3. The van der Waals surface area contributed by atoms with Crippen LogP contribution in [0.4, 0.5) is 10.7 Å². The summed E-state index contributed by atoms with van der Waals surface area (Å²) in [7, 11) is -3.71. The SMILES string of the molecule is CCOC(=O)c1c(NC(=O)[C@H](C)N(c2ccc(C)cc2)S(C)(=O)=O)sc2c1CCC2. The third-order valence-corrected chi connectivity index (χ3v) is 7.46. The lowest BCUT2D eigenvalue weighted by molar-refractivity contribution is -0.116. The number of benzene rings is 1. The van der Waals surface area contributed by atoms with Crippen LogP contribution in [0, 0.1) is 6.92 Å². The standard InChI is InChI=1S/C21H26N2O5S2/c1-5-28-21(25)18-16-7-6-8-17(16)29-20(18)22-19(24)14(3)23(30(4,26)27)15-11-9-13(2)10-12-15/h9-12,14H,5-8H2,1-4H3,(H,22,24)/t14-/m0/s1. The summed E-state index contributed by atoms with van der Waals surface area (Å²) >= 11 is 1.36. The first-order valence-corrected chi connectivity index (χ1v) is 12.5. The van der Waals surface area contributed by atoms with Crippen molar-refractivity contribution < 1.29 is 22.7 Å². The van der Waals surface area contributed by atoms with Gasteiger partial charge in [0, 0.05) is 4.88 Å². The number of hydrogen-bond acceptors (Lipinski definition) is 6. The fourth-order valence-electron chi connectivity index (χ4n) is 3.63. The van der Waals surface area contributed by atoms with Crippen molar-refractivity contribution in [3.05, 3.63) is 45.8 Å². The van der Waals surface area contributed by atoms with Crippen LogP contribution in [0.15, 0.2) is 24.3 Å². The molecule has 1 N–H and O–H groups in total. The van der Waals surface area contributed by atoms with Gasteiger partial charge in [-0.3, -0.25) is 9.10 Å². The number of fused-ring (bicyclic) bond motifs is 1. The molecule has 0 saturated carbocycles. The molecular weight excluding hydrogens is 424 g/mol. The molecule has 0 radical (unpaired) electrons. The Kier molecular flexibility index (Phi) is 6.52. The molecular formula is C21H26N2O5S2. The maximum atomic E-state index is 13.0. The number of nitrogens with one attached hydrogen (secondary N) is 1. The first-order chi connectivity index (χ1) is 14.1. The summed E-state index contributed by atoms with van der Waals surface area (Å²) < 4.78 is 31.2. The van der Waals surface area contributed by atoms with Crippen molar-refractivity contribution in [2.45, 2.75) is 46.1 Å². The monoisotopic (exact) mass is 450 g/mol. The van der Waals surface area contributed by atoms with Crippen LogP contribution in [0.1, 0.15) is 46.6 Å². The van der Waals surface area contributed by atoms with E-state index in [9.17, 15) is 18.0 Å². The second kappa shape index (κ2) is 8.77. The van der Waals surface area contributed by atoms with Crippen LogP contribution in [0.25, 0.3) is 0 Å². The van der Waals surface area contributed by atoms with Gasteiger partial charge < -0.3 is 10.1 Å². The number of anilines is 2. The number of carbonyl (C=O) groups is 2. The van der Waals surface area contributed by atoms with Crippen molar-refractivity contribution in [3.63, 3.8) is 0 Å². The third kappa shape index (κ3) is 4.52. The van der Waals surface area contributed by atoms with Gasteiger partial charge in [-0.05, 0) is 57.7 Å². The highest BCUT2D eigenvalue weighted by Gasteiger charge is 2.32. The van der Waals surface area contributed by atoms with Gasteiger partial charge in [0.2, 0.25) is 15.9 Å². The maximum Gasteiger partial charge on any atom is 0.341 e. The zero-order valence-electron chi connectivity index (χ0n) is 17.5. The number of nitrogens with zero attached hydrogens (tertiary/aromatic N) is 1. The lowest BCUT2D eigenvalue weighted by Gasteiger charge is -2.28. The summed E-state index contributed by atoms with van der Waals surface area (Å²) in [5, 5.41) is 3.21. The molecule has 1 aliphatic carbocycles. The molecule has 1 amide bonds. The summed E-state index contributed by atoms with van der Waals surface area (Å²) in [6.07, 6.45) is 3.66. The van der Waals surface area contributed by atoms with Gasteiger partial charge in [0.05, 0.1) is 24.1 Å². The third-order valence-electron chi connectivity index (χ3n) is 5.01. The molecule has 0 bridgehead atoms.